The molecule has 0 amide bonds. The number of ether oxygens (including phenoxy) is 3. The number of methoxy groups -OCH3 is 3. The van der Waals surface area contributed by atoms with E-state index in [1.54, 1.807) is 21.3 Å². The van der Waals surface area contributed by atoms with Crippen molar-refractivity contribution in [2.24, 2.45) is 0 Å². The maximum Gasteiger partial charge on any atom is 0.165 e. The number of nitrogens with one attached hydrogen (secondary N) is 1. The minimum absolute atomic E-state index is 0.613. The smallest absolute Gasteiger partial charge is 0.165 e. The van der Waals surface area contributed by atoms with Crippen LogP contribution in [0.2, 0.25) is 0 Å². The monoisotopic (exact) mass is 356 g/mol. The van der Waals surface area contributed by atoms with Crippen LogP contribution < -0.4 is 14.8 Å². The number of hydrogen-bond acceptors (Lipinski definition) is 6. The predicted molar refractivity (Wildman–Crippen MR) is 101 cm³/mol. The van der Waals surface area contributed by atoms with Crippen LogP contribution >= 0.6 is 0 Å². The highest BCUT2D eigenvalue weighted by Gasteiger charge is 2.19. The fourth-order valence-corrected chi connectivity index (χ4v) is 2.97. The second kappa shape index (κ2) is 7.61. The van der Waals surface area contributed by atoms with E-state index in [1.165, 1.54) is 0 Å². The fourth-order valence-electron chi connectivity index (χ4n) is 2.97. The van der Waals surface area contributed by atoms with Crippen LogP contribution in [0.3, 0.4) is 0 Å². The van der Waals surface area contributed by atoms with Crippen molar-refractivity contribution in [3.8, 4) is 22.6 Å². The molecular weight excluding hydrogens is 332 g/mol. The first kappa shape index (κ1) is 18.0. The first-order valence-electron chi connectivity index (χ1n) is 8.41. The van der Waals surface area contributed by atoms with E-state index in [9.17, 15) is 0 Å². The van der Waals surface area contributed by atoms with Gasteiger partial charge in [0.1, 0.15) is 17.3 Å². The number of aromatic nitrogens is 3. The summed E-state index contributed by atoms with van der Waals surface area (Å²) < 4.78 is 17.8. The largest absolute Gasteiger partial charge is 0.497 e. The summed E-state index contributed by atoms with van der Waals surface area (Å²) in [6.45, 7) is 5.25. The van der Waals surface area contributed by atoms with Gasteiger partial charge < -0.3 is 19.5 Å². The van der Waals surface area contributed by atoms with Gasteiger partial charge in [0.15, 0.2) is 5.65 Å². The summed E-state index contributed by atoms with van der Waals surface area (Å²) in [6.07, 6.45) is 0. The molecule has 0 aliphatic carbocycles. The topological polar surface area (TPSA) is 69.9 Å². The lowest BCUT2D eigenvalue weighted by molar-refractivity contribution is 0.210. The van der Waals surface area contributed by atoms with Gasteiger partial charge >= 0.3 is 0 Å². The summed E-state index contributed by atoms with van der Waals surface area (Å²) in [6, 6.07) is 7.73. The molecule has 0 unspecified atom stereocenters. The van der Waals surface area contributed by atoms with Gasteiger partial charge in [-0.05, 0) is 26.0 Å². The van der Waals surface area contributed by atoms with Crippen molar-refractivity contribution in [1.29, 1.82) is 0 Å². The van der Waals surface area contributed by atoms with Crippen LogP contribution in [0.5, 0.6) is 11.5 Å². The average Bonchev–Trinajstić information content (AvgIpc) is 2.97. The molecule has 1 aromatic carbocycles. The number of aryl methyl sites for hydroxylation is 2. The van der Waals surface area contributed by atoms with Crippen molar-refractivity contribution in [3.63, 3.8) is 0 Å². The SMILES string of the molecule is COCCNc1cc(C)nc2c(-c3ccc(OC)cc3OC)c(C)nn12. The van der Waals surface area contributed by atoms with Crippen molar-refractivity contribution in [2.45, 2.75) is 13.8 Å². The number of nitrogens with zero attached hydrogens (tertiary/aromatic N) is 3. The van der Waals surface area contributed by atoms with Crippen LogP contribution in [0.25, 0.3) is 16.8 Å². The first-order valence-corrected chi connectivity index (χ1v) is 8.41. The van der Waals surface area contributed by atoms with Crippen molar-refractivity contribution in [1.82, 2.24) is 14.6 Å². The molecule has 0 saturated heterocycles. The quantitative estimate of drug-likeness (QED) is 0.656. The summed E-state index contributed by atoms with van der Waals surface area (Å²) in [7, 11) is 4.97. The van der Waals surface area contributed by atoms with Crippen LogP contribution in [-0.4, -0.2) is 49.1 Å². The Balaban J connectivity index is 2.17. The van der Waals surface area contributed by atoms with Gasteiger partial charge in [-0.2, -0.15) is 9.61 Å². The molecule has 1 N–H and O–H groups in total. The van der Waals surface area contributed by atoms with E-state index in [0.29, 0.717) is 13.2 Å². The van der Waals surface area contributed by atoms with Crippen LogP contribution in [0, 0.1) is 13.8 Å². The molecule has 0 saturated carbocycles. The second-order valence-electron chi connectivity index (χ2n) is 5.96. The molecule has 7 heteroatoms. The number of rotatable bonds is 7. The van der Waals surface area contributed by atoms with Gasteiger partial charge in [0.25, 0.3) is 0 Å². The molecular formula is C19H24N4O3. The van der Waals surface area contributed by atoms with Gasteiger partial charge in [-0.3, -0.25) is 0 Å². The van der Waals surface area contributed by atoms with Crippen LogP contribution in [-0.2, 0) is 4.74 Å². The summed E-state index contributed by atoms with van der Waals surface area (Å²) in [5.41, 5.74) is 4.45. The van der Waals surface area contributed by atoms with Gasteiger partial charge in [0.2, 0.25) is 0 Å². The lowest BCUT2D eigenvalue weighted by Crippen LogP contribution is -2.12. The molecule has 7 nitrogen and oxygen atoms in total. The van der Waals surface area contributed by atoms with Gasteiger partial charge in [-0.25, -0.2) is 4.98 Å². The molecule has 0 fully saturated rings. The molecule has 0 aliphatic rings. The lowest BCUT2D eigenvalue weighted by Gasteiger charge is -2.11. The Morgan fingerprint density at radius 1 is 1.08 bits per heavy atom. The van der Waals surface area contributed by atoms with Gasteiger partial charge in [0.05, 0.1) is 32.1 Å². The molecule has 0 radical (unpaired) electrons. The van der Waals surface area contributed by atoms with E-state index in [0.717, 1.165) is 45.5 Å². The van der Waals surface area contributed by atoms with Crippen molar-refractivity contribution in [2.75, 3.05) is 39.8 Å². The third kappa shape index (κ3) is 3.30. The van der Waals surface area contributed by atoms with E-state index in [-0.39, 0.29) is 0 Å². The first-order chi connectivity index (χ1) is 12.6. The number of hydrogen-bond donors (Lipinski definition) is 1. The zero-order valence-corrected chi connectivity index (χ0v) is 15.8. The predicted octanol–water partition coefficient (Wildman–Crippen LogP) is 3.09. The van der Waals surface area contributed by atoms with Crippen LogP contribution in [0.1, 0.15) is 11.4 Å². The van der Waals surface area contributed by atoms with E-state index in [2.05, 4.69) is 5.32 Å². The molecule has 26 heavy (non-hydrogen) atoms. The molecule has 138 valence electrons. The van der Waals surface area contributed by atoms with Gasteiger partial charge in [-0.15, -0.1) is 0 Å². The normalized spacial score (nSPS) is 11.0. The summed E-state index contributed by atoms with van der Waals surface area (Å²) in [4.78, 5) is 4.72. The molecule has 0 atom stereocenters. The molecule has 3 rings (SSSR count). The molecule has 2 heterocycles. The zero-order valence-electron chi connectivity index (χ0n) is 15.8. The third-order valence-electron chi connectivity index (χ3n) is 4.18. The highest BCUT2D eigenvalue weighted by Crippen LogP contribution is 2.37. The third-order valence-corrected chi connectivity index (χ3v) is 4.18. The average molecular weight is 356 g/mol. The Bertz CT molecular complexity index is 921. The highest BCUT2D eigenvalue weighted by molar-refractivity contribution is 5.85. The Hall–Kier alpha value is -2.80. The molecule has 0 aliphatic heterocycles. The Kier molecular flexibility index (Phi) is 5.27. The zero-order chi connectivity index (χ0) is 18.7. The lowest BCUT2D eigenvalue weighted by atomic mass is 10.0. The highest BCUT2D eigenvalue weighted by atomic mass is 16.5. The van der Waals surface area contributed by atoms with Crippen molar-refractivity contribution < 1.29 is 14.2 Å². The summed E-state index contributed by atoms with van der Waals surface area (Å²) >= 11 is 0. The van der Waals surface area contributed by atoms with Crippen molar-refractivity contribution in [3.05, 3.63) is 35.7 Å². The number of benzene rings is 1. The van der Waals surface area contributed by atoms with Crippen molar-refractivity contribution >= 4 is 11.5 Å². The Morgan fingerprint density at radius 3 is 2.58 bits per heavy atom. The van der Waals surface area contributed by atoms with Crippen LogP contribution in [0.4, 0.5) is 5.82 Å². The van der Waals surface area contributed by atoms with Gasteiger partial charge in [-0.1, -0.05) is 0 Å². The van der Waals surface area contributed by atoms with Gasteiger partial charge in [0, 0.05) is 37.0 Å². The Labute approximate surface area is 152 Å². The second-order valence-corrected chi connectivity index (χ2v) is 5.96. The van der Waals surface area contributed by atoms with E-state index >= 15 is 0 Å². The number of fused-ring (bicyclic) bond motifs is 1. The molecule has 0 bridgehead atoms. The van der Waals surface area contributed by atoms with Crippen LogP contribution in [0.15, 0.2) is 24.3 Å². The maximum atomic E-state index is 5.58. The van der Waals surface area contributed by atoms with E-state index in [1.807, 2.05) is 42.6 Å². The fraction of sp³-hybridized carbons (Fsp3) is 0.368. The molecule has 2 aromatic heterocycles. The standard InChI is InChI=1S/C19H24N4O3/c1-12-10-17(20-8-9-24-3)23-19(21-12)18(13(2)22-23)15-7-6-14(25-4)11-16(15)26-5/h6-7,10-11,20H,8-9H2,1-5H3. The summed E-state index contributed by atoms with van der Waals surface area (Å²) in [5.74, 6) is 2.34. The number of anilines is 1. The maximum absolute atomic E-state index is 5.58. The molecule has 3 aromatic rings. The minimum Gasteiger partial charge on any atom is -0.497 e. The Morgan fingerprint density at radius 2 is 1.88 bits per heavy atom. The van der Waals surface area contributed by atoms with E-state index < -0.39 is 0 Å². The summed E-state index contributed by atoms with van der Waals surface area (Å²) in [5, 5.41) is 8.04. The van der Waals surface area contributed by atoms with E-state index in [4.69, 9.17) is 24.3 Å². The minimum atomic E-state index is 0.613. The molecule has 0 spiro atoms.